The second-order valence-electron chi connectivity index (χ2n) is 5.40. The van der Waals surface area contributed by atoms with Crippen LogP contribution >= 0.6 is 11.6 Å². The highest BCUT2D eigenvalue weighted by atomic mass is 35.5. The number of aromatic amines is 1. The Bertz CT molecular complexity index is 825. The number of fused-ring (bicyclic) bond motifs is 2. The number of aromatic nitrogens is 1. The van der Waals surface area contributed by atoms with Crippen LogP contribution in [0, 0.1) is 0 Å². The summed E-state index contributed by atoms with van der Waals surface area (Å²) in [7, 11) is 0. The summed E-state index contributed by atoms with van der Waals surface area (Å²) < 4.78 is 6.00. The van der Waals surface area contributed by atoms with Crippen LogP contribution in [0.2, 0.25) is 5.02 Å². The zero-order valence-electron chi connectivity index (χ0n) is 11.4. The van der Waals surface area contributed by atoms with Gasteiger partial charge in [0.15, 0.2) is 0 Å². The van der Waals surface area contributed by atoms with E-state index in [0.29, 0.717) is 6.54 Å². The van der Waals surface area contributed by atoms with Crippen molar-refractivity contribution in [2.45, 2.75) is 12.5 Å². The Morgan fingerprint density at radius 3 is 3.00 bits per heavy atom. The number of H-pyrrole nitrogens is 1. The lowest BCUT2D eigenvalue weighted by molar-refractivity contribution is 0.242. The molecule has 0 saturated heterocycles. The Hall–Kier alpha value is -1.97. The van der Waals surface area contributed by atoms with E-state index < -0.39 is 0 Å². The van der Waals surface area contributed by atoms with E-state index >= 15 is 0 Å². The highest BCUT2D eigenvalue weighted by Gasteiger charge is 2.25. The third-order valence-corrected chi connectivity index (χ3v) is 4.21. The van der Waals surface area contributed by atoms with Gasteiger partial charge in [-0.2, -0.15) is 0 Å². The number of hydrogen-bond acceptors (Lipinski definition) is 2. The van der Waals surface area contributed by atoms with Crippen LogP contribution in [0.5, 0.6) is 5.75 Å². The van der Waals surface area contributed by atoms with Crippen molar-refractivity contribution in [3.05, 3.63) is 53.2 Å². The van der Waals surface area contributed by atoms with Crippen molar-refractivity contribution in [1.29, 1.82) is 0 Å². The maximum Gasteiger partial charge on any atom is 0.131 e. The smallest absolute Gasteiger partial charge is 0.131 e. The first-order valence-corrected chi connectivity index (χ1v) is 7.39. The van der Waals surface area contributed by atoms with E-state index in [4.69, 9.17) is 22.1 Å². The Kier molecular flexibility index (Phi) is 2.91. The minimum atomic E-state index is 0.0493. The molecule has 0 radical (unpaired) electrons. The second-order valence-corrected chi connectivity index (χ2v) is 5.84. The SMILES string of the molecule is NC[C@@H]1Cc2cc(Cl)cc(-c3ccc4[nH]ccc4c3)c2O1. The molecule has 0 fully saturated rings. The van der Waals surface area contributed by atoms with Gasteiger partial charge in [-0.1, -0.05) is 17.7 Å². The minimum Gasteiger partial charge on any atom is -0.488 e. The molecule has 1 aliphatic rings. The van der Waals surface area contributed by atoms with Gasteiger partial charge in [-0.25, -0.2) is 0 Å². The molecule has 4 rings (SSSR count). The van der Waals surface area contributed by atoms with Crippen LogP contribution in [-0.4, -0.2) is 17.6 Å². The van der Waals surface area contributed by atoms with Crippen LogP contribution in [0.25, 0.3) is 22.0 Å². The fourth-order valence-electron chi connectivity index (χ4n) is 2.96. The minimum absolute atomic E-state index is 0.0493. The largest absolute Gasteiger partial charge is 0.488 e. The van der Waals surface area contributed by atoms with Gasteiger partial charge in [0, 0.05) is 35.3 Å². The molecule has 0 saturated carbocycles. The van der Waals surface area contributed by atoms with Crippen LogP contribution < -0.4 is 10.5 Å². The van der Waals surface area contributed by atoms with Crippen LogP contribution in [0.15, 0.2) is 42.6 Å². The quantitative estimate of drug-likeness (QED) is 0.757. The zero-order valence-corrected chi connectivity index (χ0v) is 12.2. The van der Waals surface area contributed by atoms with Crippen molar-refractivity contribution in [3.8, 4) is 16.9 Å². The molecule has 3 N–H and O–H groups in total. The van der Waals surface area contributed by atoms with Crippen molar-refractivity contribution in [3.63, 3.8) is 0 Å². The molecule has 0 unspecified atom stereocenters. The fourth-order valence-corrected chi connectivity index (χ4v) is 3.20. The Balaban J connectivity index is 1.88. The maximum absolute atomic E-state index is 6.27. The average Bonchev–Trinajstić information content (AvgIpc) is 3.11. The number of nitrogens with one attached hydrogen (secondary N) is 1. The summed E-state index contributed by atoms with van der Waals surface area (Å²) in [6.45, 7) is 0.516. The summed E-state index contributed by atoms with van der Waals surface area (Å²) in [5.74, 6) is 0.921. The summed E-state index contributed by atoms with van der Waals surface area (Å²) in [5.41, 5.74) is 10.2. The van der Waals surface area contributed by atoms with Gasteiger partial charge in [-0.3, -0.25) is 0 Å². The first-order chi connectivity index (χ1) is 10.2. The molecule has 2 aromatic carbocycles. The molecule has 0 bridgehead atoms. The molecular formula is C17H15ClN2O. The van der Waals surface area contributed by atoms with Crippen LogP contribution in [0.1, 0.15) is 5.56 Å². The van der Waals surface area contributed by atoms with Gasteiger partial charge in [-0.15, -0.1) is 0 Å². The standard InChI is InChI=1S/C17H15ClN2O/c18-13-6-12-7-14(9-19)21-17(12)15(8-13)10-1-2-16-11(5-10)3-4-20-16/h1-6,8,14,20H,7,9,19H2/t14-/m0/s1. The van der Waals surface area contributed by atoms with Crippen molar-refractivity contribution in [2.24, 2.45) is 5.73 Å². The summed E-state index contributed by atoms with van der Waals surface area (Å²) >= 11 is 6.27. The van der Waals surface area contributed by atoms with Gasteiger partial charge in [0.1, 0.15) is 11.9 Å². The summed E-state index contributed by atoms with van der Waals surface area (Å²) in [4.78, 5) is 3.20. The Morgan fingerprint density at radius 2 is 2.14 bits per heavy atom. The third-order valence-electron chi connectivity index (χ3n) is 3.99. The van der Waals surface area contributed by atoms with Gasteiger partial charge < -0.3 is 15.5 Å². The number of rotatable bonds is 2. The molecule has 1 aromatic heterocycles. The predicted molar refractivity (Wildman–Crippen MR) is 85.9 cm³/mol. The number of nitrogens with two attached hydrogens (primary N) is 1. The lowest BCUT2D eigenvalue weighted by Gasteiger charge is -2.11. The van der Waals surface area contributed by atoms with Gasteiger partial charge in [0.25, 0.3) is 0 Å². The number of ether oxygens (including phenoxy) is 1. The summed E-state index contributed by atoms with van der Waals surface area (Å²) in [6.07, 6.45) is 2.82. The van der Waals surface area contributed by atoms with Gasteiger partial charge in [0.05, 0.1) is 0 Å². The van der Waals surface area contributed by atoms with E-state index in [1.54, 1.807) is 0 Å². The molecule has 3 nitrogen and oxygen atoms in total. The highest BCUT2D eigenvalue weighted by molar-refractivity contribution is 6.31. The Morgan fingerprint density at radius 1 is 1.24 bits per heavy atom. The fraction of sp³-hybridized carbons (Fsp3) is 0.176. The average molecular weight is 299 g/mol. The molecule has 2 heterocycles. The number of hydrogen-bond donors (Lipinski definition) is 2. The number of benzene rings is 2. The molecule has 21 heavy (non-hydrogen) atoms. The normalized spacial score (nSPS) is 17.0. The molecular weight excluding hydrogens is 284 g/mol. The van der Waals surface area contributed by atoms with Crippen molar-refractivity contribution < 1.29 is 4.74 Å². The van der Waals surface area contributed by atoms with Crippen LogP contribution in [-0.2, 0) is 6.42 Å². The first kappa shape index (κ1) is 12.7. The van der Waals surface area contributed by atoms with E-state index in [0.717, 1.165) is 39.4 Å². The van der Waals surface area contributed by atoms with Crippen molar-refractivity contribution >= 4 is 22.5 Å². The highest BCUT2D eigenvalue weighted by Crippen LogP contribution is 2.41. The maximum atomic E-state index is 6.27. The van der Waals surface area contributed by atoms with E-state index in [2.05, 4.69) is 29.2 Å². The van der Waals surface area contributed by atoms with Crippen LogP contribution in [0.3, 0.4) is 0 Å². The molecule has 106 valence electrons. The lowest BCUT2D eigenvalue weighted by Crippen LogP contribution is -2.24. The Labute approximate surface area is 127 Å². The van der Waals surface area contributed by atoms with Gasteiger partial charge in [0.2, 0.25) is 0 Å². The molecule has 1 atom stereocenters. The van der Waals surface area contributed by atoms with E-state index in [9.17, 15) is 0 Å². The van der Waals surface area contributed by atoms with E-state index in [1.807, 2.05) is 18.3 Å². The third kappa shape index (κ3) is 2.09. The van der Waals surface area contributed by atoms with Crippen molar-refractivity contribution in [1.82, 2.24) is 4.98 Å². The number of halogens is 1. The molecule has 0 amide bonds. The van der Waals surface area contributed by atoms with Crippen LogP contribution in [0.4, 0.5) is 0 Å². The van der Waals surface area contributed by atoms with Gasteiger partial charge in [-0.05, 0) is 46.8 Å². The molecule has 3 aromatic rings. The topological polar surface area (TPSA) is 51.0 Å². The second kappa shape index (κ2) is 4.79. The zero-order chi connectivity index (χ0) is 14.4. The van der Waals surface area contributed by atoms with E-state index in [1.165, 1.54) is 5.39 Å². The first-order valence-electron chi connectivity index (χ1n) is 7.01. The van der Waals surface area contributed by atoms with E-state index in [-0.39, 0.29) is 6.10 Å². The predicted octanol–water partition coefficient (Wildman–Crippen LogP) is 3.75. The molecule has 4 heteroatoms. The summed E-state index contributed by atoms with van der Waals surface area (Å²) in [5, 5.41) is 1.91. The molecule has 1 aliphatic heterocycles. The summed E-state index contributed by atoms with van der Waals surface area (Å²) in [6, 6.07) is 12.3. The monoisotopic (exact) mass is 298 g/mol. The molecule has 0 spiro atoms. The lowest BCUT2D eigenvalue weighted by atomic mass is 9.99. The van der Waals surface area contributed by atoms with Crippen molar-refractivity contribution in [2.75, 3.05) is 6.54 Å². The molecule has 0 aliphatic carbocycles. The van der Waals surface area contributed by atoms with Gasteiger partial charge >= 0.3 is 0 Å².